The van der Waals surface area contributed by atoms with Crippen LogP contribution in [0.2, 0.25) is 0 Å². The molecule has 0 bridgehead atoms. The van der Waals surface area contributed by atoms with Gasteiger partial charge in [0.15, 0.2) is 0 Å². The molecule has 0 radical (unpaired) electrons. The van der Waals surface area contributed by atoms with Crippen LogP contribution in [0.1, 0.15) is 15.4 Å². The molecule has 1 N–H and O–H groups in total. The number of carboxylic acids is 1. The molecule has 8 heteroatoms. The summed E-state index contributed by atoms with van der Waals surface area (Å²) in [7, 11) is 0. The van der Waals surface area contributed by atoms with E-state index in [2.05, 4.69) is 10.2 Å². The highest BCUT2D eigenvalue weighted by molar-refractivity contribution is 7.14. The van der Waals surface area contributed by atoms with Crippen LogP contribution in [0.25, 0.3) is 10.6 Å². The van der Waals surface area contributed by atoms with E-state index >= 15 is 0 Å². The Bertz CT molecular complexity index is 578. The molecule has 1 aromatic carbocycles. The van der Waals surface area contributed by atoms with Gasteiger partial charge >= 0.3 is 12.1 Å². The number of halogens is 3. The first-order chi connectivity index (χ1) is 8.38. The van der Waals surface area contributed by atoms with E-state index in [4.69, 9.17) is 5.11 Å². The summed E-state index contributed by atoms with van der Waals surface area (Å²) in [5.74, 6) is -1.10. The van der Waals surface area contributed by atoms with E-state index < -0.39 is 17.2 Å². The Balaban J connectivity index is 2.32. The number of nitrogens with zero attached hydrogens (tertiary/aromatic N) is 2. The maximum absolute atomic E-state index is 12.3. The van der Waals surface area contributed by atoms with Gasteiger partial charge in [0.2, 0.25) is 5.01 Å². The van der Waals surface area contributed by atoms with Gasteiger partial charge in [-0.05, 0) is 12.1 Å². The van der Waals surface area contributed by atoms with E-state index in [9.17, 15) is 18.0 Å². The quantitative estimate of drug-likeness (QED) is 0.914. The summed E-state index contributed by atoms with van der Waals surface area (Å²) in [5, 5.41) is 14.2. The molecule has 0 atom stereocenters. The molecule has 18 heavy (non-hydrogen) atoms. The second-order valence-corrected chi connectivity index (χ2v) is 4.27. The number of aromatic carboxylic acids is 1. The van der Waals surface area contributed by atoms with E-state index in [1.807, 2.05) is 0 Å². The van der Waals surface area contributed by atoms with E-state index in [0.29, 0.717) is 16.9 Å². The van der Waals surface area contributed by atoms with Gasteiger partial charge < -0.3 is 5.11 Å². The number of carbonyl (C=O) groups is 1. The van der Waals surface area contributed by atoms with Crippen LogP contribution in [0.3, 0.4) is 0 Å². The first-order valence-electron chi connectivity index (χ1n) is 4.62. The lowest BCUT2D eigenvalue weighted by Crippen LogP contribution is -2.03. The zero-order valence-electron chi connectivity index (χ0n) is 8.60. The fraction of sp³-hybridized carbons (Fsp3) is 0.100. The number of hydrogen-bond acceptors (Lipinski definition) is 4. The number of benzene rings is 1. The van der Waals surface area contributed by atoms with Gasteiger partial charge in [0.1, 0.15) is 5.01 Å². The van der Waals surface area contributed by atoms with Crippen molar-refractivity contribution in [3.05, 3.63) is 34.8 Å². The van der Waals surface area contributed by atoms with E-state index in [1.165, 1.54) is 24.3 Å². The third-order valence-corrected chi connectivity index (χ3v) is 3.06. The number of aromatic nitrogens is 2. The van der Waals surface area contributed by atoms with Crippen LogP contribution >= 0.6 is 11.3 Å². The summed E-state index contributed by atoms with van der Waals surface area (Å²) in [4.78, 5) is 10.6. The summed E-state index contributed by atoms with van der Waals surface area (Å²) in [6.07, 6.45) is -4.52. The van der Waals surface area contributed by atoms with Crippen LogP contribution in [0.4, 0.5) is 13.2 Å². The highest BCUT2D eigenvalue weighted by Crippen LogP contribution is 2.34. The Kier molecular flexibility index (Phi) is 3.04. The number of alkyl halides is 3. The molecule has 94 valence electrons. The maximum Gasteiger partial charge on any atom is 0.445 e. The van der Waals surface area contributed by atoms with Gasteiger partial charge in [-0.25, -0.2) is 4.79 Å². The zero-order chi connectivity index (χ0) is 13.3. The predicted molar refractivity (Wildman–Crippen MR) is 57.3 cm³/mol. The minimum absolute atomic E-state index is 0.0549. The zero-order valence-corrected chi connectivity index (χ0v) is 9.42. The van der Waals surface area contributed by atoms with Crippen molar-refractivity contribution in [2.45, 2.75) is 6.18 Å². The molecule has 0 amide bonds. The van der Waals surface area contributed by atoms with Crippen molar-refractivity contribution in [1.82, 2.24) is 10.2 Å². The van der Waals surface area contributed by atoms with Crippen LogP contribution < -0.4 is 0 Å². The molecular formula is C10H5F3N2O2S. The van der Waals surface area contributed by atoms with Gasteiger partial charge in [-0.2, -0.15) is 13.2 Å². The van der Waals surface area contributed by atoms with E-state index in [1.54, 1.807) is 0 Å². The molecule has 2 rings (SSSR count). The van der Waals surface area contributed by atoms with Crippen molar-refractivity contribution in [3.8, 4) is 10.6 Å². The Labute approximate surface area is 103 Å². The molecule has 1 aromatic heterocycles. The second-order valence-electron chi connectivity index (χ2n) is 3.29. The third kappa shape index (κ3) is 2.48. The van der Waals surface area contributed by atoms with Crippen molar-refractivity contribution in [1.29, 1.82) is 0 Å². The van der Waals surface area contributed by atoms with Crippen molar-refractivity contribution in [2.24, 2.45) is 0 Å². The van der Waals surface area contributed by atoms with E-state index in [-0.39, 0.29) is 10.6 Å². The predicted octanol–water partition coefficient (Wildman–Crippen LogP) is 2.92. The van der Waals surface area contributed by atoms with Crippen molar-refractivity contribution in [2.75, 3.05) is 0 Å². The van der Waals surface area contributed by atoms with Crippen LogP contribution in [0.15, 0.2) is 24.3 Å². The van der Waals surface area contributed by atoms with Crippen LogP contribution in [-0.2, 0) is 6.18 Å². The summed E-state index contributed by atoms with van der Waals surface area (Å²) in [6.45, 7) is 0. The Morgan fingerprint density at radius 3 is 2.22 bits per heavy atom. The van der Waals surface area contributed by atoms with Gasteiger partial charge in [0, 0.05) is 5.56 Å². The van der Waals surface area contributed by atoms with Crippen LogP contribution in [-0.4, -0.2) is 21.3 Å². The van der Waals surface area contributed by atoms with Gasteiger partial charge in [0.05, 0.1) is 5.56 Å². The van der Waals surface area contributed by atoms with Gasteiger partial charge in [0.25, 0.3) is 0 Å². The summed E-state index contributed by atoms with van der Waals surface area (Å²) in [5.41, 5.74) is 0.451. The average molecular weight is 274 g/mol. The normalized spacial score (nSPS) is 11.5. The van der Waals surface area contributed by atoms with Gasteiger partial charge in [-0.3, -0.25) is 0 Å². The maximum atomic E-state index is 12.3. The second kappa shape index (κ2) is 4.37. The molecule has 0 aliphatic heterocycles. The van der Waals surface area contributed by atoms with Crippen LogP contribution in [0, 0.1) is 0 Å². The molecule has 4 nitrogen and oxygen atoms in total. The topological polar surface area (TPSA) is 63.1 Å². The molecule has 0 aliphatic carbocycles. The average Bonchev–Trinajstić information content (AvgIpc) is 2.78. The minimum Gasteiger partial charge on any atom is -0.478 e. The summed E-state index contributed by atoms with van der Waals surface area (Å²) in [6, 6.07) is 5.38. The lowest BCUT2D eigenvalue weighted by molar-refractivity contribution is -0.138. The molecule has 0 saturated heterocycles. The van der Waals surface area contributed by atoms with Crippen LogP contribution in [0.5, 0.6) is 0 Å². The lowest BCUT2D eigenvalue weighted by Gasteiger charge is -1.98. The molecular weight excluding hydrogens is 269 g/mol. The van der Waals surface area contributed by atoms with Crippen molar-refractivity contribution in [3.63, 3.8) is 0 Å². The van der Waals surface area contributed by atoms with Gasteiger partial charge in [-0.15, -0.1) is 10.2 Å². The standard InChI is InChI=1S/C10H5F3N2O2S/c11-10(12,13)9-15-14-7(18-9)5-1-3-6(4-2-5)8(16)17/h1-4H,(H,16,17). The number of hydrogen-bond donors (Lipinski definition) is 1. The molecule has 2 aromatic rings. The highest BCUT2D eigenvalue weighted by Gasteiger charge is 2.35. The minimum atomic E-state index is -4.52. The highest BCUT2D eigenvalue weighted by atomic mass is 32.1. The molecule has 1 heterocycles. The molecule has 0 saturated carbocycles. The molecule has 0 fully saturated rings. The summed E-state index contributed by atoms with van der Waals surface area (Å²) >= 11 is 0.413. The smallest absolute Gasteiger partial charge is 0.445 e. The molecule has 0 aliphatic rings. The Hall–Kier alpha value is -1.96. The molecule has 0 unspecified atom stereocenters. The Morgan fingerprint density at radius 1 is 1.17 bits per heavy atom. The SMILES string of the molecule is O=C(O)c1ccc(-c2nnc(C(F)(F)F)s2)cc1. The Morgan fingerprint density at radius 2 is 1.78 bits per heavy atom. The van der Waals surface area contributed by atoms with Crippen molar-refractivity contribution >= 4 is 17.3 Å². The summed E-state index contributed by atoms with van der Waals surface area (Å²) < 4.78 is 37.0. The van der Waals surface area contributed by atoms with Gasteiger partial charge in [-0.1, -0.05) is 23.5 Å². The number of carboxylic acid groups (broad SMARTS) is 1. The monoisotopic (exact) mass is 274 g/mol. The first-order valence-corrected chi connectivity index (χ1v) is 5.44. The fourth-order valence-corrected chi connectivity index (χ4v) is 1.93. The third-order valence-electron chi connectivity index (χ3n) is 2.05. The largest absolute Gasteiger partial charge is 0.478 e. The van der Waals surface area contributed by atoms with Crippen molar-refractivity contribution < 1.29 is 23.1 Å². The molecule has 0 spiro atoms. The fourth-order valence-electron chi connectivity index (χ4n) is 1.21. The van der Waals surface area contributed by atoms with E-state index in [0.717, 1.165) is 0 Å². The first kappa shape index (κ1) is 12.5. The lowest BCUT2D eigenvalue weighted by atomic mass is 10.1. The number of rotatable bonds is 2.